The average Bonchev–Trinajstić information content (AvgIpc) is 2.26. The number of carbonyl (C=O) groups is 2. The maximum atomic E-state index is 11.3. The number of benzene rings is 1. The molecule has 0 bridgehead atoms. The van der Waals surface area contributed by atoms with Crippen LogP contribution in [0.1, 0.15) is 0 Å². The number of nitrogens with one attached hydrogen (secondary N) is 1. The second-order valence-electron chi connectivity index (χ2n) is 3.39. The predicted molar refractivity (Wildman–Crippen MR) is 67.4 cm³/mol. The van der Waals surface area contributed by atoms with Crippen molar-refractivity contribution in [3.05, 3.63) is 12.1 Å². The Hall–Kier alpha value is -0.590. The highest BCUT2D eigenvalue weighted by molar-refractivity contribution is 8.17. The van der Waals surface area contributed by atoms with Gasteiger partial charge in [0.15, 0.2) is 0 Å². The SMILES string of the molecule is O=C1CSc2cc3c(cc2N1)SC(=O)CS3. The molecule has 0 atom stereocenters. The van der Waals surface area contributed by atoms with Crippen molar-refractivity contribution in [1.82, 2.24) is 0 Å². The second kappa shape index (κ2) is 4.01. The zero-order valence-corrected chi connectivity index (χ0v) is 10.6. The second-order valence-corrected chi connectivity index (χ2v) is 6.53. The lowest BCUT2D eigenvalue weighted by Gasteiger charge is -2.21. The summed E-state index contributed by atoms with van der Waals surface area (Å²) in [5.41, 5.74) is 0.836. The molecule has 1 N–H and O–H groups in total. The maximum Gasteiger partial charge on any atom is 0.234 e. The van der Waals surface area contributed by atoms with Crippen molar-refractivity contribution in [3.63, 3.8) is 0 Å². The van der Waals surface area contributed by atoms with Gasteiger partial charge in [0.25, 0.3) is 0 Å². The first-order chi connectivity index (χ1) is 7.72. The van der Waals surface area contributed by atoms with Crippen LogP contribution in [-0.2, 0) is 9.59 Å². The Morgan fingerprint density at radius 2 is 1.81 bits per heavy atom. The van der Waals surface area contributed by atoms with Gasteiger partial charge in [0.2, 0.25) is 11.0 Å². The summed E-state index contributed by atoms with van der Waals surface area (Å²) >= 11 is 4.39. The van der Waals surface area contributed by atoms with Crippen LogP contribution in [0.25, 0.3) is 0 Å². The Morgan fingerprint density at radius 1 is 1.00 bits per heavy atom. The number of rotatable bonds is 0. The van der Waals surface area contributed by atoms with Crippen LogP contribution in [0, 0.1) is 0 Å². The molecule has 1 aromatic carbocycles. The molecular formula is C10H7NO2S3. The van der Waals surface area contributed by atoms with E-state index in [0.29, 0.717) is 11.5 Å². The van der Waals surface area contributed by atoms with Crippen LogP contribution in [0.4, 0.5) is 5.69 Å². The van der Waals surface area contributed by atoms with Crippen LogP contribution in [0.2, 0.25) is 0 Å². The quantitative estimate of drug-likeness (QED) is 0.784. The maximum absolute atomic E-state index is 11.3. The molecule has 1 aromatic rings. The van der Waals surface area contributed by atoms with Crippen molar-refractivity contribution in [2.75, 3.05) is 16.8 Å². The van der Waals surface area contributed by atoms with E-state index in [1.54, 1.807) is 23.5 Å². The highest BCUT2D eigenvalue weighted by Gasteiger charge is 2.22. The summed E-state index contributed by atoms with van der Waals surface area (Å²) in [6, 6.07) is 3.97. The predicted octanol–water partition coefficient (Wildman–Crippen LogP) is 2.46. The van der Waals surface area contributed by atoms with Crippen LogP contribution in [0.3, 0.4) is 0 Å². The zero-order valence-electron chi connectivity index (χ0n) is 8.11. The zero-order chi connectivity index (χ0) is 11.1. The summed E-state index contributed by atoms with van der Waals surface area (Å²) in [5.74, 6) is 1.04. The minimum atomic E-state index is 0.0252. The van der Waals surface area contributed by atoms with Crippen molar-refractivity contribution in [2.24, 2.45) is 0 Å². The fourth-order valence-corrected chi connectivity index (χ4v) is 4.44. The summed E-state index contributed by atoms with van der Waals surface area (Å²) in [6.45, 7) is 0. The Labute approximate surface area is 105 Å². The number of carbonyl (C=O) groups excluding carboxylic acids is 2. The van der Waals surface area contributed by atoms with Gasteiger partial charge < -0.3 is 5.32 Å². The fourth-order valence-electron chi connectivity index (χ4n) is 1.57. The number of fused-ring (bicyclic) bond motifs is 2. The van der Waals surface area contributed by atoms with Crippen molar-refractivity contribution in [2.45, 2.75) is 14.7 Å². The van der Waals surface area contributed by atoms with E-state index < -0.39 is 0 Å². The monoisotopic (exact) mass is 269 g/mol. The number of hydrogen-bond acceptors (Lipinski definition) is 5. The number of hydrogen-bond donors (Lipinski definition) is 1. The van der Waals surface area contributed by atoms with Crippen LogP contribution >= 0.6 is 35.3 Å². The molecule has 2 aliphatic rings. The van der Waals surface area contributed by atoms with Crippen LogP contribution in [-0.4, -0.2) is 22.5 Å². The average molecular weight is 269 g/mol. The van der Waals surface area contributed by atoms with E-state index in [1.165, 1.54) is 11.8 Å². The van der Waals surface area contributed by atoms with E-state index in [9.17, 15) is 9.59 Å². The van der Waals surface area contributed by atoms with Crippen LogP contribution < -0.4 is 5.32 Å². The topological polar surface area (TPSA) is 46.2 Å². The van der Waals surface area contributed by atoms with Gasteiger partial charge in [0.1, 0.15) is 0 Å². The minimum absolute atomic E-state index is 0.0252. The van der Waals surface area contributed by atoms with Gasteiger partial charge in [-0.25, -0.2) is 0 Å². The Bertz CT molecular complexity index is 460. The lowest BCUT2D eigenvalue weighted by molar-refractivity contribution is -0.114. The minimum Gasteiger partial charge on any atom is -0.324 e. The molecule has 82 valence electrons. The normalized spacial score (nSPS) is 18.8. The van der Waals surface area contributed by atoms with E-state index in [-0.39, 0.29) is 11.0 Å². The van der Waals surface area contributed by atoms with Gasteiger partial charge in [-0.05, 0) is 23.9 Å². The van der Waals surface area contributed by atoms with Crippen molar-refractivity contribution in [1.29, 1.82) is 0 Å². The van der Waals surface area contributed by atoms with Gasteiger partial charge in [0.05, 0.1) is 17.2 Å². The third-order valence-electron chi connectivity index (χ3n) is 2.25. The first-order valence-corrected chi connectivity index (χ1v) is 7.45. The lowest BCUT2D eigenvalue weighted by atomic mass is 10.3. The molecule has 3 rings (SSSR count). The molecule has 2 heterocycles. The Morgan fingerprint density at radius 3 is 2.69 bits per heavy atom. The number of anilines is 1. The summed E-state index contributed by atoms with van der Waals surface area (Å²) in [7, 11) is 0. The highest BCUT2D eigenvalue weighted by atomic mass is 32.2. The molecule has 0 radical (unpaired) electrons. The van der Waals surface area contributed by atoms with E-state index in [0.717, 1.165) is 20.4 Å². The van der Waals surface area contributed by atoms with E-state index in [1.807, 2.05) is 6.07 Å². The van der Waals surface area contributed by atoms with Crippen molar-refractivity contribution < 1.29 is 9.59 Å². The van der Waals surface area contributed by atoms with Gasteiger partial charge >= 0.3 is 0 Å². The smallest absolute Gasteiger partial charge is 0.234 e. The van der Waals surface area contributed by atoms with Crippen molar-refractivity contribution >= 4 is 52.0 Å². The standard InChI is InChI=1S/C10H7NO2S3/c12-9-3-14-6-2-7-8(1-5(6)11-9)16-10(13)4-15-7/h1-2H,3-4H2,(H,11,12). The molecule has 0 aromatic heterocycles. The molecule has 1 amide bonds. The molecule has 3 nitrogen and oxygen atoms in total. The molecule has 0 spiro atoms. The molecule has 16 heavy (non-hydrogen) atoms. The molecule has 0 fully saturated rings. The Kier molecular flexibility index (Phi) is 2.65. The highest BCUT2D eigenvalue weighted by Crippen LogP contribution is 2.44. The number of thioether (sulfide) groups is 3. The molecule has 6 heteroatoms. The van der Waals surface area contributed by atoms with Crippen LogP contribution in [0.5, 0.6) is 0 Å². The summed E-state index contributed by atoms with van der Waals surface area (Å²) in [4.78, 5) is 25.8. The Balaban J connectivity index is 2.05. The van der Waals surface area contributed by atoms with Gasteiger partial charge in [-0.3, -0.25) is 9.59 Å². The summed E-state index contributed by atoms with van der Waals surface area (Å²) < 4.78 is 0. The fraction of sp³-hybridized carbons (Fsp3) is 0.200. The lowest BCUT2D eigenvalue weighted by Crippen LogP contribution is -2.19. The molecule has 0 aliphatic carbocycles. The van der Waals surface area contributed by atoms with E-state index in [4.69, 9.17) is 0 Å². The van der Waals surface area contributed by atoms with Gasteiger partial charge in [0, 0.05) is 14.7 Å². The molecular weight excluding hydrogens is 262 g/mol. The molecule has 2 aliphatic heterocycles. The van der Waals surface area contributed by atoms with Gasteiger partial charge in [-0.2, -0.15) is 0 Å². The first-order valence-electron chi connectivity index (χ1n) is 4.66. The summed E-state index contributed by atoms with van der Waals surface area (Å²) in [6.07, 6.45) is 0. The number of amides is 1. The molecule has 0 saturated carbocycles. The van der Waals surface area contributed by atoms with Gasteiger partial charge in [-0.15, -0.1) is 23.5 Å². The van der Waals surface area contributed by atoms with Gasteiger partial charge in [-0.1, -0.05) is 0 Å². The van der Waals surface area contributed by atoms with E-state index >= 15 is 0 Å². The van der Waals surface area contributed by atoms with E-state index in [2.05, 4.69) is 11.4 Å². The van der Waals surface area contributed by atoms with Crippen LogP contribution in [0.15, 0.2) is 26.8 Å². The third-order valence-corrected chi connectivity index (χ3v) is 5.60. The molecule has 0 unspecified atom stereocenters. The molecule has 0 saturated heterocycles. The van der Waals surface area contributed by atoms with Crippen molar-refractivity contribution in [3.8, 4) is 0 Å². The largest absolute Gasteiger partial charge is 0.324 e. The summed E-state index contributed by atoms with van der Waals surface area (Å²) in [5, 5.41) is 3.00. The first kappa shape index (κ1) is 10.6. The third kappa shape index (κ3) is 1.85.